The summed E-state index contributed by atoms with van der Waals surface area (Å²) < 4.78 is 0. The Kier molecular flexibility index (Phi) is 4.06. The average Bonchev–Trinajstić information content (AvgIpc) is 1.82. The second-order valence-electron chi connectivity index (χ2n) is 2.29. The van der Waals surface area contributed by atoms with Crippen molar-refractivity contribution in [1.82, 2.24) is 0 Å². The highest BCUT2D eigenvalue weighted by molar-refractivity contribution is 5.12. The molecule has 0 rings (SSSR count). The number of aliphatic hydroxyl groups is 1. The Morgan fingerprint density at radius 3 is 2.33 bits per heavy atom. The second kappa shape index (κ2) is 4.33. The van der Waals surface area contributed by atoms with Crippen LogP contribution in [0.2, 0.25) is 0 Å². The van der Waals surface area contributed by atoms with Crippen LogP contribution in [-0.4, -0.2) is 11.7 Å². The Morgan fingerprint density at radius 1 is 1.67 bits per heavy atom. The Hall–Kier alpha value is -0.560. The Morgan fingerprint density at radius 2 is 2.22 bits per heavy atom. The van der Waals surface area contributed by atoms with Crippen LogP contribution in [0.25, 0.3) is 0 Å². The van der Waals surface area contributed by atoms with E-state index < -0.39 is 0 Å². The Balaban J connectivity index is 3.96. The standard InChI is InChI=1S/C8H14O/c1-4-5-8(6-9)7(2)3/h4-5,7,9H,1,6H2,2-3H3/b8-5-. The van der Waals surface area contributed by atoms with Crippen molar-refractivity contribution in [2.75, 3.05) is 6.61 Å². The summed E-state index contributed by atoms with van der Waals surface area (Å²) in [5.74, 6) is 0.424. The molecule has 9 heavy (non-hydrogen) atoms. The van der Waals surface area contributed by atoms with Crippen molar-refractivity contribution in [2.24, 2.45) is 5.92 Å². The molecule has 52 valence electrons. The number of rotatable bonds is 3. The number of aliphatic hydroxyl groups excluding tert-OH is 1. The molecule has 0 spiro atoms. The van der Waals surface area contributed by atoms with E-state index in [4.69, 9.17) is 5.11 Å². The van der Waals surface area contributed by atoms with Crippen molar-refractivity contribution in [3.8, 4) is 0 Å². The highest BCUT2D eigenvalue weighted by Crippen LogP contribution is 2.07. The molecule has 0 heterocycles. The molecule has 0 unspecified atom stereocenters. The molecule has 0 radical (unpaired) electrons. The highest BCUT2D eigenvalue weighted by Gasteiger charge is 1.97. The molecule has 1 N–H and O–H groups in total. The van der Waals surface area contributed by atoms with Gasteiger partial charge in [0.2, 0.25) is 0 Å². The average molecular weight is 126 g/mol. The lowest BCUT2D eigenvalue weighted by atomic mass is 10.0. The van der Waals surface area contributed by atoms with Gasteiger partial charge in [0.1, 0.15) is 0 Å². The summed E-state index contributed by atoms with van der Waals surface area (Å²) in [5.41, 5.74) is 1.03. The zero-order chi connectivity index (χ0) is 7.28. The third-order valence-corrected chi connectivity index (χ3v) is 1.26. The second-order valence-corrected chi connectivity index (χ2v) is 2.29. The minimum atomic E-state index is 0.143. The first-order valence-corrected chi connectivity index (χ1v) is 3.14. The molecule has 0 amide bonds. The van der Waals surface area contributed by atoms with Crippen LogP contribution in [0.15, 0.2) is 24.3 Å². The summed E-state index contributed by atoms with van der Waals surface area (Å²) >= 11 is 0. The molecule has 0 saturated heterocycles. The van der Waals surface area contributed by atoms with E-state index in [-0.39, 0.29) is 6.61 Å². The maximum atomic E-state index is 8.71. The van der Waals surface area contributed by atoms with Gasteiger partial charge in [0.05, 0.1) is 6.61 Å². The van der Waals surface area contributed by atoms with Crippen molar-refractivity contribution in [3.05, 3.63) is 24.3 Å². The minimum absolute atomic E-state index is 0.143. The fourth-order valence-corrected chi connectivity index (χ4v) is 0.579. The first kappa shape index (κ1) is 8.44. The quantitative estimate of drug-likeness (QED) is 0.571. The molecule has 0 aromatic rings. The third kappa shape index (κ3) is 3.09. The molecule has 0 aliphatic rings. The summed E-state index contributed by atoms with van der Waals surface area (Å²) in [7, 11) is 0. The molecule has 0 fully saturated rings. The number of allylic oxidation sites excluding steroid dienone is 2. The molecule has 0 aromatic carbocycles. The first-order valence-electron chi connectivity index (χ1n) is 3.14. The lowest BCUT2D eigenvalue weighted by Crippen LogP contribution is -1.97. The van der Waals surface area contributed by atoms with Crippen molar-refractivity contribution >= 4 is 0 Å². The van der Waals surface area contributed by atoms with Gasteiger partial charge in [-0.3, -0.25) is 0 Å². The van der Waals surface area contributed by atoms with Gasteiger partial charge in [0.15, 0.2) is 0 Å². The van der Waals surface area contributed by atoms with Crippen LogP contribution in [0.4, 0.5) is 0 Å². The van der Waals surface area contributed by atoms with Crippen LogP contribution in [0.5, 0.6) is 0 Å². The monoisotopic (exact) mass is 126 g/mol. The predicted octanol–water partition coefficient (Wildman–Crippen LogP) is 1.75. The molecular weight excluding hydrogens is 112 g/mol. The lowest BCUT2D eigenvalue weighted by molar-refractivity contribution is 0.318. The fraction of sp³-hybridized carbons (Fsp3) is 0.500. The third-order valence-electron chi connectivity index (χ3n) is 1.26. The van der Waals surface area contributed by atoms with E-state index in [1.807, 2.05) is 19.9 Å². The van der Waals surface area contributed by atoms with Crippen molar-refractivity contribution in [1.29, 1.82) is 0 Å². The molecule has 1 heteroatoms. The summed E-state index contributed by atoms with van der Waals surface area (Å²) in [5, 5.41) is 8.71. The summed E-state index contributed by atoms with van der Waals surface area (Å²) in [6, 6.07) is 0. The SMILES string of the molecule is C=C/C=C(/CO)C(C)C. The van der Waals surface area contributed by atoms with Crippen LogP contribution < -0.4 is 0 Å². The van der Waals surface area contributed by atoms with Crippen molar-refractivity contribution in [3.63, 3.8) is 0 Å². The zero-order valence-corrected chi connectivity index (χ0v) is 6.09. The smallest absolute Gasteiger partial charge is 0.0647 e. The van der Waals surface area contributed by atoms with Crippen molar-refractivity contribution < 1.29 is 5.11 Å². The molecule has 0 saturated carbocycles. The molecule has 0 atom stereocenters. The van der Waals surface area contributed by atoms with Gasteiger partial charge in [-0.25, -0.2) is 0 Å². The number of hydrogen-bond donors (Lipinski definition) is 1. The largest absolute Gasteiger partial charge is 0.392 e. The normalized spacial score (nSPS) is 12.2. The van der Waals surface area contributed by atoms with Gasteiger partial charge in [-0.2, -0.15) is 0 Å². The number of hydrogen-bond acceptors (Lipinski definition) is 1. The molecule has 1 nitrogen and oxygen atoms in total. The van der Waals surface area contributed by atoms with Crippen LogP contribution in [0.1, 0.15) is 13.8 Å². The predicted molar refractivity (Wildman–Crippen MR) is 40.2 cm³/mol. The first-order chi connectivity index (χ1) is 4.22. The molecule has 0 aliphatic heterocycles. The lowest BCUT2D eigenvalue weighted by Gasteiger charge is -2.05. The highest BCUT2D eigenvalue weighted by atomic mass is 16.3. The molecule has 0 aromatic heterocycles. The van der Waals surface area contributed by atoms with Gasteiger partial charge in [0, 0.05) is 0 Å². The minimum Gasteiger partial charge on any atom is -0.392 e. The topological polar surface area (TPSA) is 20.2 Å². The van der Waals surface area contributed by atoms with Gasteiger partial charge in [-0.05, 0) is 11.5 Å². The van der Waals surface area contributed by atoms with E-state index in [1.165, 1.54) is 0 Å². The van der Waals surface area contributed by atoms with E-state index in [0.717, 1.165) is 5.57 Å². The maximum Gasteiger partial charge on any atom is 0.0647 e. The van der Waals surface area contributed by atoms with E-state index >= 15 is 0 Å². The van der Waals surface area contributed by atoms with E-state index in [2.05, 4.69) is 6.58 Å². The summed E-state index contributed by atoms with van der Waals surface area (Å²) in [4.78, 5) is 0. The molecule has 0 bridgehead atoms. The van der Waals surface area contributed by atoms with E-state index in [9.17, 15) is 0 Å². The molecular formula is C8H14O. The van der Waals surface area contributed by atoms with Crippen molar-refractivity contribution in [2.45, 2.75) is 13.8 Å². The fourth-order valence-electron chi connectivity index (χ4n) is 0.579. The van der Waals surface area contributed by atoms with Crippen LogP contribution in [-0.2, 0) is 0 Å². The Bertz CT molecular complexity index is 112. The Labute approximate surface area is 56.7 Å². The maximum absolute atomic E-state index is 8.71. The summed E-state index contributed by atoms with van der Waals surface area (Å²) in [6.45, 7) is 7.78. The van der Waals surface area contributed by atoms with E-state index in [1.54, 1.807) is 6.08 Å². The van der Waals surface area contributed by atoms with Gasteiger partial charge in [-0.15, -0.1) is 0 Å². The molecule has 0 aliphatic carbocycles. The van der Waals surface area contributed by atoms with E-state index in [0.29, 0.717) is 5.92 Å². The van der Waals surface area contributed by atoms with Gasteiger partial charge in [-0.1, -0.05) is 32.6 Å². The zero-order valence-electron chi connectivity index (χ0n) is 6.09. The van der Waals surface area contributed by atoms with Crippen LogP contribution in [0.3, 0.4) is 0 Å². The van der Waals surface area contributed by atoms with Gasteiger partial charge < -0.3 is 5.11 Å². The summed E-state index contributed by atoms with van der Waals surface area (Å²) in [6.07, 6.45) is 3.55. The van der Waals surface area contributed by atoms with Crippen LogP contribution >= 0.6 is 0 Å². The van der Waals surface area contributed by atoms with Gasteiger partial charge >= 0.3 is 0 Å². The van der Waals surface area contributed by atoms with Crippen LogP contribution in [0, 0.1) is 5.92 Å². The van der Waals surface area contributed by atoms with Gasteiger partial charge in [0.25, 0.3) is 0 Å².